The number of aliphatic hydroxyl groups is 3. The summed E-state index contributed by atoms with van der Waals surface area (Å²) in [6.45, 7) is 7.65. The van der Waals surface area contributed by atoms with E-state index in [0.29, 0.717) is 0 Å². The molecule has 6 aliphatic heterocycles. The Labute approximate surface area is 741 Å². The summed E-state index contributed by atoms with van der Waals surface area (Å²) >= 11 is 0. The van der Waals surface area contributed by atoms with E-state index >= 15 is 0 Å². The molecule has 0 bridgehead atoms. The van der Waals surface area contributed by atoms with Crippen molar-refractivity contribution in [3.8, 4) is 17.2 Å². The standard InChI is InChI=1S/C28H30F5N5O7.C27H28F5N5O7.C27H27F5N4O8/c1-10-24(40)14(7-13-16(29)18(31)20(33)19(32)17(13)30)36-25(41)21(37-26(42)22-15(39)5-4-6-34-22)11(2)35-27(43)23(12-8-45-9-12)38(3)28(10)44;1-9-23(39)13(6-12-15(28)17(30)19(32)18(31)16(12)29)35-25(41)20(36-27(43)22-14(38)4-3-5-33-22)10(2)34-26(42)21(37-24(9)40)11-7-44-8-11;1-9-22(38)13(6-12-15(28)17(30)19(32)18(31)16(12)29)35-24(39)20(36-25(40)21-14(37)4-3-5-33-21)10(2)34-26(41)23(44-27(9)42)11-7-43-8-11/h4-6,10-12,14,21,23-24,39-40H,7-9H2,1-3H3,(H,35,43)(H,36,41)(H,37,42);3-5,9-11,13,20-21,23,38-39H,6-8H2,1-2H3,(H,34,42)(H,35,41)(H,36,43)(H,37,40);3-5,9-11,13,20,22-23,37-38H,6-8H2,1-2H3,(H,34,41)(H,35,39)(H,36,40)/t10-,11-,14+,21+,23?,24+;9-,10-,13+,20+,21?,23+;9-,10-,13+,20+,22+,23?/m111/s1. The zero-order chi connectivity index (χ0) is 98.2. The normalized spacial score (nSPS) is 26.7. The first-order valence-corrected chi connectivity index (χ1v) is 40.3. The number of likely N-dealkylation sites (N-methyl/N-ethyl adjacent to an activating group) is 1. The van der Waals surface area contributed by atoms with Crippen molar-refractivity contribution in [3.05, 3.63) is 176 Å². The molecule has 51 heteroatoms. The van der Waals surface area contributed by atoms with Crippen molar-refractivity contribution in [3.63, 3.8) is 0 Å². The van der Waals surface area contributed by atoms with Gasteiger partial charge >= 0.3 is 5.97 Å². The van der Waals surface area contributed by atoms with Crippen molar-refractivity contribution in [1.82, 2.24) is 73.0 Å². The third-order valence-electron chi connectivity index (χ3n) is 22.9. The van der Waals surface area contributed by atoms with Crippen molar-refractivity contribution in [1.29, 1.82) is 0 Å². The summed E-state index contributed by atoms with van der Waals surface area (Å²) in [5.74, 6) is -54.3. The van der Waals surface area contributed by atoms with Crippen LogP contribution in [0.3, 0.4) is 0 Å². The molecule has 720 valence electrons. The molecule has 12 rings (SSSR count). The SMILES string of the molecule is C[C@H]1NC(=O)C(C2COC2)N(C)C(=O)[C@H](C)[C@H](O)[C@H](Cc2c(F)c(F)c(F)c(F)c2F)NC(=O)[C@H]1NC(=O)c1ncccc1O.C[C@H]1NC(=O)C(C2COC2)NC(=O)[C@H](C)[C@H](O)[C@H](Cc2c(F)c(F)c(F)c(F)c2F)NC(=O)[C@H]1NC(=O)c1ncccc1O.C[C@H]1NC(=O)C(C2COC2)OC(=O)[C@H](C)[C@H](O)[C@H](Cc2c(F)c(F)c(F)c(F)c2F)NC(=O)[C@H]1NC(=O)c1ncccc1O. The van der Waals surface area contributed by atoms with Crippen LogP contribution in [0.15, 0.2) is 55.0 Å². The van der Waals surface area contributed by atoms with E-state index in [1.165, 1.54) is 71.5 Å². The molecule has 6 aromatic rings. The van der Waals surface area contributed by atoms with Gasteiger partial charge in [-0.1, -0.05) is 13.8 Å². The first kappa shape index (κ1) is 102. The van der Waals surface area contributed by atoms with Gasteiger partial charge in [-0.2, -0.15) is 0 Å². The Kier molecular flexibility index (Phi) is 33.0. The molecule has 133 heavy (non-hydrogen) atoms. The monoisotopic (exact) mass is 1900 g/mol. The Balaban J connectivity index is 0.000000207. The largest absolute Gasteiger partial charge is 0.505 e. The van der Waals surface area contributed by atoms with E-state index in [-0.39, 0.29) is 39.6 Å². The summed E-state index contributed by atoms with van der Waals surface area (Å²) < 4.78 is 234. The number of hydrogen-bond acceptors (Lipinski definition) is 25. The lowest BCUT2D eigenvalue weighted by molar-refractivity contribution is -0.178. The summed E-state index contributed by atoms with van der Waals surface area (Å²) in [4.78, 5) is 171. The summed E-state index contributed by atoms with van der Waals surface area (Å²) in [7, 11) is 1.27. The summed E-state index contributed by atoms with van der Waals surface area (Å²) in [6, 6.07) is -9.74. The number of pyridine rings is 3. The molecule has 6 aliphatic rings. The van der Waals surface area contributed by atoms with E-state index in [2.05, 4.69) is 68.1 Å². The molecular weight excluding hydrogens is 1820 g/mol. The van der Waals surface area contributed by atoms with Crippen LogP contribution in [0.2, 0.25) is 0 Å². The van der Waals surface area contributed by atoms with Gasteiger partial charge in [-0.3, -0.25) is 57.5 Å². The average Bonchev–Trinajstić information content (AvgIpc) is 0.776. The van der Waals surface area contributed by atoms with Gasteiger partial charge in [-0.25, -0.2) is 80.8 Å². The first-order chi connectivity index (χ1) is 62.6. The molecule has 16 N–H and O–H groups in total. The van der Waals surface area contributed by atoms with E-state index < -0.39 is 355 Å². The number of hydrogen-bond donors (Lipinski definition) is 16. The van der Waals surface area contributed by atoms with E-state index in [4.69, 9.17) is 18.9 Å². The minimum atomic E-state index is -2.43. The number of aromatic hydroxyl groups is 3. The van der Waals surface area contributed by atoms with Gasteiger partial charge in [0, 0.05) is 73.4 Å². The molecule has 3 aromatic carbocycles. The van der Waals surface area contributed by atoms with E-state index in [1.54, 1.807) is 0 Å². The van der Waals surface area contributed by atoms with Crippen LogP contribution in [-0.2, 0) is 81.4 Å². The Hall–Kier alpha value is -13.1. The lowest BCUT2D eigenvalue weighted by Crippen LogP contribution is -2.65. The van der Waals surface area contributed by atoms with Crippen LogP contribution >= 0.6 is 0 Å². The number of halogens is 15. The number of rotatable bonds is 15. The van der Waals surface area contributed by atoms with Crippen molar-refractivity contribution in [2.24, 2.45) is 35.5 Å². The Morgan fingerprint density at radius 3 is 0.977 bits per heavy atom. The quantitative estimate of drug-likeness (QED) is 0.0290. The second-order valence-corrected chi connectivity index (χ2v) is 31.9. The fraction of sp³-hybridized carbons (Fsp3) is 0.451. The smallest absolute Gasteiger partial charge is 0.312 e. The highest BCUT2D eigenvalue weighted by atomic mass is 19.2. The summed E-state index contributed by atoms with van der Waals surface area (Å²) in [5.41, 5.74) is -5.68. The highest BCUT2D eigenvalue weighted by Crippen LogP contribution is 2.34. The zero-order valence-electron chi connectivity index (χ0n) is 70.4. The molecule has 0 saturated carbocycles. The number of nitrogens with zero attached hydrogens (tertiary/aromatic N) is 4. The Bertz CT molecular complexity index is 5200. The van der Waals surface area contributed by atoms with Crippen molar-refractivity contribution in [2.75, 3.05) is 46.7 Å². The molecule has 0 radical (unpaired) electrons. The van der Waals surface area contributed by atoms with E-state index in [9.17, 15) is 154 Å². The summed E-state index contributed by atoms with van der Waals surface area (Å²) in [6.07, 6.45) is -7.64. The number of carbonyl (C=O) groups is 12. The van der Waals surface area contributed by atoms with Crippen LogP contribution in [0.5, 0.6) is 17.2 Å². The van der Waals surface area contributed by atoms with Gasteiger partial charge in [-0.15, -0.1) is 0 Å². The second kappa shape index (κ2) is 43.0. The lowest BCUT2D eigenvalue weighted by Gasteiger charge is -2.41. The molecule has 36 nitrogen and oxygen atoms in total. The van der Waals surface area contributed by atoms with Crippen molar-refractivity contribution >= 4 is 70.9 Å². The zero-order valence-corrected chi connectivity index (χ0v) is 70.4. The predicted molar refractivity (Wildman–Crippen MR) is 417 cm³/mol. The van der Waals surface area contributed by atoms with E-state index in [1.807, 2.05) is 0 Å². The lowest BCUT2D eigenvalue weighted by atomic mass is 9.88. The third-order valence-corrected chi connectivity index (χ3v) is 22.9. The fourth-order valence-corrected chi connectivity index (χ4v) is 14.8. The molecule has 3 unspecified atom stereocenters. The van der Waals surface area contributed by atoms with Gasteiger partial charge in [0.2, 0.25) is 58.8 Å². The van der Waals surface area contributed by atoms with Crippen LogP contribution in [0.1, 0.15) is 89.7 Å². The number of benzene rings is 3. The molecule has 6 fully saturated rings. The number of nitrogens with one attached hydrogen (secondary N) is 10. The van der Waals surface area contributed by atoms with Crippen LogP contribution < -0.4 is 53.2 Å². The first-order valence-electron chi connectivity index (χ1n) is 40.3. The maximum Gasteiger partial charge on any atom is 0.312 e. The number of amides is 11. The van der Waals surface area contributed by atoms with Crippen molar-refractivity contribution < 1.29 is 173 Å². The van der Waals surface area contributed by atoms with Gasteiger partial charge < -0.3 is 108 Å². The Morgan fingerprint density at radius 1 is 0.376 bits per heavy atom. The van der Waals surface area contributed by atoms with Crippen LogP contribution in [0, 0.1) is 123 Å². The van der Waals surface area contributed by atoms with Gasteiger partial charge in [0.05, 0.1) is 118 Å². The number of cyclic esters (lactones) is 1. The van der Waals surface area contributed by atoms with Gasteiger partial charge in [-0.05, 0) is 64.1 Å². The highest BCUT2D eigenvalue weighted by Gasteiger charge is 2.50. The molecule has 0 spiro atoms. The van der Waals surface area contributed by atoms with Crippen LogP contribution in [0.25, 0.3) is 0 Å². The number of aromatic nitrogens is 3. The Morgan fingerprint density at radius 2 is 0.669 bits per heavy atom. The number of aliphatic hydroxyl groups excluding tert-OH is 3. The summed E-state index contributed by atoms with van der Waals surface area (Å²) in [5, 5.41) is 87.0. The number of ether oxygens (including phenoxy) is 4. The maximum atomic E-state index is 14.7. The average molecular weight is 1900 g/mol. The van der Waals surface area contributed by atoms with Gasteiger partial charge in [0.1, 0.15) is 47.5 Å². The predicted octanol–water partition coefficient (Wildman–Crippen LogP) is 0.635. The molecular formula is C82H85F15N14O22. The van der Waals surface area contributed by atoms with Crippen LogP contribution in [-0.4, -0.2) is 259 Å². The molecule has 3 aromatic heterocycles. The maximum absolute atomic E-state index is 14.7. The van der Waals surface area contributed by atoms with Crippen LogP contribution in [0.4, 0.5) is 65.9 Å². The van der Waals surface area contributed by atoms with Gasteiger partial charge in [0.25, 0.3) is 23.6 Å². The molecule has 18 atom stereocenters. The topological polar surface area (TPSA) is 525 Å². The minimum Gasteiger partial charge on any atom is -0.505 e. The number of carbonyl (C=O) groups excluding carboxylic acids is 12. The highest BCUT2D eigenvalue weighted by molar-refractivity contribution is 6.01. The fourth-order valence-electron chi connectivity index (χ4n) is 14.8. The molecule has 0 aliphatic carbocycles. The van der Waals surface area contributed by atoms with Gasteiger partial charge in [0.15, 0.2) is 93.0 Å². The molecule has 11 amide bonds. The minimum absolute atomic E-state index is 0.0131. The second-order valence-electron chi connectivity index (χ2n) is 31.9. The van der Waals surface area contributed by atoms with Crippen molar-refractivity contribution in [2.45, 2.75) is 152 Å². The number of esters is 1. The molecule has 9 heterocycles. The van der Waals surface area contributed by atoms with E-state index in [0.717, 1.165) is 36.9 Å². The molecule has 6 saturated heterocycles. The third kappa shape index (κ3) is 22.3.